The standard InChI is InChI=1S/C16H14F2N2O4/c1-23-14(21)10-3-2-4-12(9-10)20-16(22)19-11-5-7-13(8-6-11)24-15(17)18/h2-9,15H,1H3,(H2,19,20,22). The van der Waals surface area contributed by atoms with Gasteiger partial charge in [-0.3, -0.25) is 0 Å². The van der Waals surface area contributed by atoms with E-state index in [0.717, 1.165) is 0 Å². The van der Waals surface area contributed by atoms with Gasteiger partial charge in [0, 0.05) is 11.4 Å². The maximum absolute atomic E-state index is 12.1. The Morgan fingerprint density at radius 1 is 1.00 bits per heavy atom. The summed E-state index contributed by atoms with van der Waals surface area (Å²) in [6.07, 6.45) is 0. The quantitative estimate of drug-likeness (QED) is 0.816. The fraction of sp³-hybridized carbons (Fsp3) is 0.125. The Kier molecular flexibility index (Phi) is 5.67. The van der Waals surface area contributed by atoms with Gasteiger partial charge in [0.1, 0.15) is 5.75 Å². The Bertz CT molecular complexity index is 720. The van der Waals surface area contributed by atoms with Gasteiger partial charge in [0.2, 0.25) is 0 Å². The van der Waals surface area contributed by atoms with Crippen molar-refractivity contribution in [1.82, 2.24) is 0 Å². The third-order valence-corrected chi connectivity index (χ3v) is 2.88. The average molecular weight is 336 g/mol. The highest BCUT2D eigenvalue weighted by Gasteiger charge is 2.08. The Labute approximate surface area is 136 Å². The number of ether oxygens (including phenoxy) is 2. The zero-order valence-electron chi connectivity index (χ0n) is 12.6. The second-order valence-electron chi connectivity index (χ2n) is 4.55. The van der Waals surface area contributed by atoms with Crippen LogP contribution in [0.15, 0.2) is 48.5 Å². The van der Waals surface area contributed by atoms with Gasteiger partial charge < -0.3 is 20.1 Å². The van der Waals surface area contributed by atoms with E-state index < -0.39 is 18.6 Å². The summed E-state index contributed by atoms with van der Waals surface area (Å²) in [5.41, 5.74) is 1.08. The lowest BCUT2D eigenvalue weighted by Gasteiger charge is -2.09. The van der Waals surface area contributed by atoms with Gasteiger partial charge in [-0.25, -0.2) is 9.59 Å². The van der Waals surface area contributed by atoms with Gasteiger partial charge in [-0.1, -0.05) is 6.07 Å². The zero-order chi connectivity index (χ0) is 17.5. The number of methoxy groups -OCH3 is 1. The molecular weight excluding hydrogens is 322 g/mol. The lowest BCUT2D eigenvalue weighted by atomic mass is 10.2. The van der Waals surface area contributed by atoms with E-state index in [1.54, 1.807) is 18.2 Å². The highest BCUT2D eigenvalue weighted by atomic mass is 19.3. The molecule has 24 heavy (non-hydrogen) atoms. The molecule has 2 amide bonds. The number of alkyl halides is 2. The van der Waals surface area contributed by atoms with Crippen LogP contribution in [0.2, 0.25) is 0 Å². The van der Waals surface area contributed by atoms with E-state index in [1.165, 1.54) is 37.4 Å². The molecule has 0 spiro atoms. The molecule has 2 aromatic carbocycles. The summed E-state index contributed by atoms with van der Waals surface area (Å²) in [5.74, 6) is -0.532. The molecule has 0 saturated heterocycles. The second-order valence-corrected chi connectivity index (χ2v) is 4.55. The first kappa shape index (κ1) is 17.2. The minimum atomic E-state index is -2.91. The summed E-state index contributed by atoms with van der Waals surface area (Å²) in [7, 11) is 1.26. The third kappa shape index (κ3) is 4.94. The van der Waals surface area contributed by atoms with Gasteiger partial charge in [-0.05, 0) is 42.5 Å². The molecule has 6 nitrogen and oxygen atoms in total. The van der Waals surface area contributed by atoms with E-state index in [2.05, 4.69) is 20.1 Å². The number of nitrogens with one attached hydrogen (secondary N) is 2. The molecule has 8 heteroatoms. The normalized spacial score (nSPS) is 10.2. The molecule has 0 aliphatic heterocycles. The molecule has 0 aliphatic rings. The van der Waals surface area contributed by atoms with Gasteiger partial charge in [0.05, 0.1) is 12.7 Å². The lowest BCUT2D eigenvalue weighted by molar-refractivity contribution is -0.0498. The molecular formula is C16H14F2N2O4. The Morgan fingerprint density at radius 3 is 2.29 bits per heavy atom. The summed E-state index contributed by atoms with van der Waals surface area (Å²) in [5, 5.41) is 5.07. The number of amides is 2. The molecule has 0 saturated carbocycles. The molecule has 2 rings (SSSR count). The number of carbonyl (C=O) groups excluding carboxylic acids is 2. The van der Waals surface area contributed by atoms with Gasteiger partial charge in [-0.15, -0.1) is 0 Å². The SMILES string of the molecule is COC(=O)c1cccc(NC(=O)Nc2ccc(OC(F)F)cc2)c1. The van der Waals surface area contributed by atoms with Crippen molar-refractivity contribution >= 4 is 23.4 Å². The second kappa shape index (κ2) is 7.91. The van der Waals surface area contributed by atoms with Crippen LogP contribution >= 0.6 is 0 Å². The van der Waals surface area contributed by atoms with Crippen molar-refractivity contribution < 1.29 is 27.8 Å². The number of carbonyl (C=O) groups is 2. The van der Waals surface area contributed by atoms with Crippen LogP contribution in [0.3, 0.4) is 0 Å². The van der Waals surface area contributed by atoms with E-state index in [9.17, 15) is 18.4 Å². The first-order valence-corrected chi connectivity index (χ1v) is 6.79. The Balaban J connectivity index is 1.97. The molecule has 0 heterocycles. The average Bonchev–Trinajstić information content (AvgIpc) is 2.55. The number of halogens is 2. The van der Waals surface area contributed by atoms with Crippen LogP contribution in [-0.2, 0) is 4.74 Å². The van der Waals surface area contributed by atoms with E-state index in [4.69, 9.17) is 0 Å². The van der Waals surface area contributed by atoms with Crippen molar-refractivity contribution in [3.05, 3.63) is 54.1 Å². The number of urea groups is 1. The van der Waals surface area contributed by atoms with Crippen molar-refractivity contribution in [3.63, 3.8) is 0 Å². The molecule has 0 aromatic heterocycles. The van der Waals surface area contributed by atoms with Crippen molar-refractivity contribution in [2.75, 3.05) is 17.7 Å². The minimum absolute atomic E-state index is 0.0123. The minimum Gasteiger partial charge on any atom is -0.465 e. The summed E-state index contributed by atoms with van der Waals surface area (Å²) >= 11 is 0. The fourth-order valence-electron chi connectivity index (χ4n) is 1.85. The molecule has 0 bridgehead atoms. The van der Waals surface area contributed by atoms with Crippen molar-refractivity contribution in [3.8, 4) is 5.75 Å². The highest BCUT2D eigenvalue weighted by molar-refractivity contribution is 6.00. The van der Waals surface area contributed by atoms with Crippen LogP contribution in [-0.4, -0.2) is 25.7 Å². The van der Waals surface area contributed by atoms with Gasteiger partial charge in [0.25, 0.3) is 0 Å². The topological polar surface area (TPSA) is 76.7 Å². The van der Waals surface area contributed by atoms with E-state index in [0.29, 0.717) is 16.9 Å². The van der Waals surface area contributed by atoms with Crippen molar-refractivity contribution in [1.29, 1.82) is 0 Å². The lowest BCUT2D eigenvalue weighted by Crippen LogP contribution is -2.19. The number of rotatable bonds is 5. The van der Waals surface area contributed by atoms with E-state index in [1.807, 2.05) is 0 Å². The fourth-order valence-corrected chi connectivity index (χ4v) is 1.85. The molecule has 126 valence electrons. The number of hydrogen-bond acceptors (Lipinski definition) is 4. The summed E-state index contributed by atoms with van der Waals surface area (Å²) in [4.78, 5) is 23.3. The van der Waals surface area contributed by atoms with Gasteiger partial charge >= 0.3 is 18.6 Å². The molecule has 0 fully saturated rings. The van der Waals surface area contributed by atoms with Crippen LogP contribution in [0.25, 0.3) is 0 Å². The molecule has 0 radical (unpaired) electrons. The monoisotopic (exact) mass is 336 g/mol. The maximum atomic E-state index is 12.1. The predicted molar refractivity (Wildman–Crippen MR) is 83.5 cm³/mol. The predicted octanol–water partition coefficient (Wildman–Crippen LogP) is 3.72. The number of benzene rings is 2. The largest absolute Gasteiger partial charge is 0.465 e. The summed E-state index contributed by atoms with van der Waals surface area (Å²) in [6.45, 7) is -2.91. The van der Waals surface area contributed by atoms with Crippen LogP contribution in [0.1, 0.15) is 10.4 Å². The van der Waals surface area contributed by atoms with E-state index >= 15 is 0 Å². The summed E-state index contributed by atoms with van der Waals surface area (Å²) in [6, 6.07) is 11.1. The molecule has 0 aliphatic carbocycles. The van der Waals surface area contributed by atoms with Crippen molar-refractivity contribution in [2.24, 2.45) is 0 Å². The molecule has 2 aromatic rings. The van der Waals surface area contributed by atoms with Crippen LogP contribution < -0.4 is 15.4 Å². The summed E-state index contributed by atoms with van der Waals surface area (Å²) < 4.78 is 32.9. The maximum Gasteiger partial charge on any atom is 0.387 e. The first-order valence-electron chi connectivity index (χ1n) is 6.79. The number of esters is 1. The van der Waals surface area contributed by atoms with E-state index in [-0.39, 0.29) is 5.75 Å². The van der Waals surface area contributed by atoms with Crippen molar-refractivity contribution in [2.45, 2.75) is 6.61 Å². The highest BCUT2D eigenvalue weighted by Crippen LogP contribution is 2.18. The first-order chi connectivity index (χ1) is 11.5. The third-order valence-electron chi connectivity index (χ3n) is 2.88. The molecule has 2 N–H and O–H groups in total. The van der Waals surface area contributed by atoms with Crippen LogP contribution in [0.5, 0.6) is 5.75 Å². The number of hydrogen-bond donors (Lipinski definition) is 2. The van der Waals surface area contributed by atoms with Gasteiger partial charge in [-0.2, -0.15) is 8.78 Å². The Morgan fingerprint density at radius 2 is 1.67 bits per heavy atom. The molecule has 0 unspecified atom stereocenters. The molecule has 0 atom stereocenters. The van der Waals surface area contributed by atoms with Gasteiger partial charge in [0.15, 0.2) is 0 Å². The van der Waals surface area contributed by atoms with Crippen LogP contribution in [0.4, 0.5) is 25.0 Å². The Hall–Kier alpha value is -3.16. The smallest absolute Gasteiger partial charge is 0.387 e. The van der Waals surface area contributed by atoms with Crippen LogP contribution in [0, 0.1) is 0 Å². The number of anilines is 2. The zero-order valence-corrected chi connectivity index (χ0v) is 12.6.